The number of aromatic nitrogens is 3. The zero-order valence-corrected chi connectivity index (χ0v) is 21.6. The van der Waals surface area contributed by atoms with Crippen molar-refractivity contribution in [2.75, 3.05) is 29.9 Å². The molecule has 2 aromatic carbocycles. The molecular formula is C29H29F3N6O. The Balaban J connectivity index is 1.22. The van der Waals surface area contributed by atoms with E-state index in [1.165, 1.54) is 6.07 Å². The Labute approximate surface area is 224 Å². The van der Waals surface area contributed by atoms with Crippen LogP contribution in [0.4, 0.5) is 24.5 Å². The van der Waals surface area contributed by atoms with Crippen LogP contribution in [0.5, 0.6) is 0 Å². The molecule has 2 aliphatic rings. The van der Waals surface area contributed by atoms with Gasteiger partial charge in [0.25, 0.3) is 5.91 Å². The number of halogens is 3. The molecule has 7 nitrogen and oxygen atoms in total. The smallest absolute Gasteiger partial charge is 0.367 e. The summed E-state index contributed by atoms with van der Waals surface area (Å²) in [5.74, 6) is -0.437. The number of rotatable bonds is 6. The van der Waals surface area contributed by atoms with Crippen molar-refractivity contribution >= 4 is 28.3 Å². The Morgan fingerprint density at radius 1 is 1.03 bits per heavy atom. The van der Waals surface area contributed by atoms with Crippen LogP contribution in [0, 0.1) is 6.92 Å². The third-order valence-corrected chi connectivity index (χ3v) is 7.56. The first-order chi connectivity index (χ1) is 18.7. The number of carbonyl (C=O) groups is 1. The SMILES string of the molecule is Cc1n[nH]c2ncc(CN3CCc4ccc(C(=O)Nc5cc(CN6CCCC6)cc(C(F)(F)F)c5)cc43)cc12. The molecule has 0 atom stereocenters. The fraction of sp³-hybridized carbons (Fsp3) is 0.345. The first-order valence-corrected chi connectivity index (χ1v) is 13.2. The van der Waals surface area contributed by atoms with Crippen molar-refractivity contribution in [2.45, 2.75) is 45.5 Å². The summed E-state index contributed by atoms with van der Waals surface area (Å²) in [7, 11) is 0. The quantitative estimate of drug-likeness (QED) is 0.332. The van der Waals surface area contributed by atoms with Crippen molar-refractivity contribution in [1.29, 1.82) is 0 Å². The number of fused-ring (bicyclic) bond motifs is 2. The molecule has 2 aliphatic heterocycles. The molecule has 10 heteroatoms. The van der Waals surface area contributed by atoms with E-state index in [2.05, 4.69) is 36.4 Å². The summed E-state index contributed by atoms with van der Waals surface area (Å²) in [4.78, 5) is 22.0. The number of hydrogen-bond donors (Lipinski definition) is 2. The summed E-state index contributed by atoms with van der Waals surface area (Å²) in [6.45, 7) is 5.53. The van der Waals surface area contributed by atoms with Gasteiger partial charge in [0.1, 0.15) is 0 Å². The number of pyridine rings is 1. The van der Waals surface area contributed by atoms with Gasteiger partial charge in [-0.25, -0.2) is 4.98 Å². The molecule has 0 bridgehead atoms. The monoisotopic (exact) mass is 534 g/mol. The van der Waals surface area contributed by atoms with E-state index in [0.29, 0.717) is 24.2 Å². The Morgan fingerprint density at radius 2 is 1.85 bits per heavy atom. The number of amides is 1. The largest absolute Gasteiger partial charge is 0.416 e. The average molecular weight is 535 g/mol. The summed E-state index contributed by atoms with van der Waals surface area (Å²) in [6.07, 6.45) is 0.270. The molecule has 4 aromatic rings. The Morgan fingerprint density at radius 3 is 2.64 bits per heavy atom. The van der Waals surface area contributed by atoms with Crippen molar-refractivity contribution in [3.8, 4) is 0 Å². The second-order valence-corrected chi connectivity index (χ2v) is 10.4. The van der Waals surface area contributed by atoms with Crippen LogP contribution < -0.4 is 10.2 Å². The van der Waals surface area contributed by atoms with Crippen LogP contribution >= 0.6 is 0 Å². The fourth-order valence-electron chi connectivity index (χ4n) is 5.55. The lowest BCUT2D eigenvalue weighted by Crippen LogP contribution is -2.21. The van der Waals surface area contributed by atoms with Crippen LogP contribution in [-0.4, -0.2) is 45.6 Å². The van der Waals surface area contributed by atoms with Crippen LogP contribution in [0.1, 0.15) is 51.1 Å². The zero-order valence-electron chi connectivity index (χ0n) is 21.6. The topological polar surface area (TPSA) is 77.1 Å². The van der Waals surface area contributed by atoms with E-state index in [-0.39, 0.29) is 5.69 Å². The number of anilines is 2. The van der Waals surface area contributed by atoms with Gasteiger partial charge in [0.15, 0.2) is 5.65 Å². The third kappa shape index (κ3) is 5.34. The molecule has 0 radical (unpaired) electrons. The number of nitrogens with one attached hydrogen (secondary N) is 2. The summed E-state index contributed by atoms with van der Waals surface area (Å²) < 4.78 is 40.9. The van der Waals surface area contributed by atoms with E-state index in [4.69, 9.17) is 0 Å². The highest BCUT2D eigenvalue weighted by molar-refractivity contribution is 6.05. The van der Waals surface area contributed by atoms with Crippen LogP contribution in [0.3, 0.4) is 0 Å². The predicted octanol–water partition coefficient (Wildman–Crippen LogP) is 5.70. The molecule has 2 aromatic heterocycles. The Bertz CT molecular complexity index is 1540. The molecular weight excluding hydrogens is 505 g/mol. The van der Waals surface area contributed by atoms with Gasteiger partial charge in [-0.2, -0.15) is 18.3 Å². The van der Waals surface area contributed by atoms with Gasteiger partial charge in [0.2, 0.25) is 0 Å². The summed E-state index contributed by atoms with van der Waals surface area (Å²) >= 11 is 0. The van der Waals surface area contributed by atoms with Gasteiger partial charge < -0.3 is 10.2 Å². The number of H-pyrrole nitrogens is 1. The number of aryl methyl sites for hydroxylation is 1. The molecule has 1 saturated heterocycles. The normalized spacial score (nSPS) is 15.7. The van der Waals surface area contributed by atoms with Crippen molar-refractivity contribution < 1.29 is 18.0 Å². The van der Waals surface area contributed by atoms with Gasteiger partial charge >= 0.3 is 6.18 Å². The van der Waals surface area contributed by atoms with Gasteiger partial charge in [0.05, 0.1) is 11.3 Å². The van der Waals surface area contributed by atoms with Crippen LogP contribution in [0.2, 0.25) is 0 Å². The first kappa shape index (κ1) is 25.4. The number of benzene rings is 2. The highest BCUT2D eigenvalue weighted by Gasteiger charge is 2.32. The fourth-order valence-corrected chi connectivity index (χ4v) is 5.55. The van der Waals surface area contributed by atoms with Crippen molar-refractivity contribution in [3.05, 3.63) is 82.2 Å². The van der Waals surface area contributed by atoms with E-state index in [9.17, 15) is 18.0 Å². The van der Waals surface area contributed by atoms with Gasteiger partial charge in [-0.05, 0) is 92.4 Å². The van der Waals surface area contributed by atoms with Crippen molar-refractivity contribution in [2.24, 2.45) is 0 Å². The Hall–Kier alpha value is -3.92. The second-order valence-electron chi connectivity index (χ2n) is 10.4. The number of hydrogen-bond acceptors (Lipinski definition) is 5. The number of likely N-dealkylation sites (tertiary alicyclic amines) is 1. The third-order valence-electron chi connectivity index (χ3n) is 7.56. The van der Waals surface area contributed by atoms with E-state index in [1.807, 2.05) is 25.3 Å². The van der Waals surface area contributed by atoms with E-state index in [1.54, 1.807) is 12.1 Å². The highest BCUT2D eigenvalue weighted by Crippen LogP contribution is 2.34. The van der Waals surface area contributed by atoms with E-state index in [0.717, 1.165) is 78.5 Å². The number of alkyl halides is 3. The molecule has 0 unspecified atom stereocenters. The maximum atomic E-state index is 13.6. The number of nitrogens with zero attached hydrogens (tertiary/aromatic N) is 4. The van der Waals surface area contributed by atoms with Crippen molar-refractivity contribution in [1.82, 2.24) is 20.1 Å². The second kappa shape index (κ2) is 10.00. The maximum Gasteiger partial charge on any atom is 0.416 e. The molecule has 4 heterocycles. The van der Waals surface area contributed by atoms with E-state index >= 15 is 0 Å². The molecule has 1 fully saturated rings. The Kier molecular flexibility index (Phi) is 6.50. The molecule has 39 heavy (non-hydrogen) atoms. The molecule has 6 rings (SSSR count). The lowest BCUT2D eigenvalue weighted by Gasteiger charge is -2.20. The standard InChI is InChI=1S/C29H29F3N6O/c1-18-25-12-20(15-33-27(25)36-35-18)17-38-9-6-21-4-5-22(13-26(21)38)28(39)34-24-11-19(16-37-7-2-3-8-37)10-23(14-24)29(30,31)32/h4-5,10-15H,2-3,6-9,16-17H2,1H3,(H,34,39)(H,33,35,36). The molecule has 0 spiro atoms. The van der Waals surface area contributed by atoms with Crippen LogP contribution in [0.25, 0.3) is 11.0 Å². The maximum absolute atomic E-state index is 13.6. The minimum absolute atomic E-state index is 0.149. The van der Waals surface area contributed by atoms with Gasteiger partial charge in [-0.15, -0.1) is 0 Å². The molecule has 1 amide bonds. The summed E-state index contributed by atoms with van der Waals surface area (Å²) in [6, 6.07) is 11.4. The lowest BCUT2D eigenvalue weighted by atomic mass is 10.1. The lowest BCUT2D eigenvalue weighted by molar-refractivity contribution is -0.137. The number of aromatic amines is 1. The predicted molar refractivity (Wildman–Crippen MR) is 144 cm³/mol. The van der Waals surface area contributed by atoms with Crippen molar-refractivity contribution in [3.63, 3.8) is 0 Å². The molecule has 202 valence electrons. The minimum Gasteiger partial charge on any atom is -0.367 e. The van der Waals surface area contributed by atoms with Crippen LogP contribution in [-0.2, 0) is 25.7 Å². The minimum atomic E-state index is -4.50. The first-order valence-electron chi connectivity index (χ1n) is 13.2. The van der Waals surface area contributed by atoms with Crippen LogP contribution in [0.15, 0.2) is 48.7 Å². The average Bonchev–Trinajstić information content (AvgIpc) is 3.65. The van der Waals surface area contributed by atoms with Gasteiger partial charge in [-0.3, -0.25) is 14.8 Å². The number of carbonyl (C=O) groups excluding carboxylic acids is 1. The highest BCUT2D eigenvalue weighted by atomic mass is 19.4. The van der Waals surface area contributed by atoms with Gasteiger partial charge in [-0.1, -0.05) is 6.07 Å². The summed E-state index contributed by atoms with van der Waals surface area (Å²) in [5, 5.41) is 10.8. The van der Waals surface area contributed by atoms with E-state index < -0.39 is 17.6 Å². The zero-order chi connectivity index (χ0) is 27.1. The summed E-state index contributed by atoms with van der Waals surface area (Å²) in [5.41, 5.74) is 5.08. The van der Waals surface area contributed by atoms with Gasteiger partial charge in [0, 0.05) is 48.2 Å². The molecule has 2 N–H and O–H groups in total. The molecule has 0 aliphatic carbocycles. The molecule has 0 saturated carbocycles.